The molecule has 2 aromatic rings. The van der Waals surface area contributed by atoms with E-state index in [9.17, 15) is 4.79 Å². The summed E-state index contributed by atoms with van der Waals surface area (Å²) in [6.45, 7) is 4.44. The summed E-state index contributed by atoms with van der Waals surface area (Å²) in [5.41, 5.74) is 1.39. The lowest BCUT2D eigenvalue weighted by molar-refractivity contribution is 0.0651. The molecule has 0 bridgehead atoms. The van der Waals surface area contributed by atoms with Gasteiger partial charge in [-0.05, 0) is 25.1 Å². The molecule has 100 valence electrons. The molecule has 1 aliphatic rings. The first-order valence-corrected chi connectivity index (χ1v) is 7.11. The van der Waals surface area contributed by atoms with Crippen LogP contribution in [0.3, 0.4) is 0 Å². The largest absolute Gasteiger partial charge is 0.332 e. The van der Waals surface area contributed by atoms with Crippen molar-refractivity contribution in [1.82, 2.24) is 20.4 Å². The number of aromatic nitrogens is 2. The fourth-order valence-electron chi connectivity index (χ4n) is 2.43. The van der Waals surface area contributed by atoms with Gasteiger partial charge in [-0.25, -0.2) is 0 Å². The lowest BCUT2D eigenvalue weighted by atomic mass is 10.1. The van der Waals surface area contributed by atoms with E-state index in [-0.39, 0.29) is 11.9 Å². The highest BCUT2D eigenvalue weighted by atomic mass is 79.9. The number of hydrogen-bond donors (Lipinski definition) is 2. The highest BCUT2D eigenvalue weighted by Crippen LogP contribution is 2.22. The van der Waals surface area contributed by atoms with Crippen molar-refractivity contribution in [1.29, 1.82) is 0 Å². The van der Waals surface area contributed by atoms with Crippen molar-refractivity contribution in [3.05, 3.63) is 28.4 Å². The smallest absolute Gasteiger partial charge is 0.275 e. The number of H-pyrrole nitrogens is 1. The molecule has 6 heteroatoms. The number of aromatic amines is 1. The average Bonchev–Trinajstić information content (AvgIpc) is 2.81. The summed E-state index contributed by atoms with van der Waals surface area (Å²) in [4.78, 5) is 14.5. The maximum atomic E-state index is 12.6. The van der Waals surface area contributed by atoms with Gasteiger partial charge < -0.3 is 10.2 Å². The van der Waals surface area contributed by atoms with Crippen LogP contribution in [0.1, 0.15) is 17.4 Å². The third-order valence-corrected chi connectivity index (χ3v) is 3.98. The Morgan fingerprint density at radius 2 is 2.37 bits per heavy atom. The summed E-state index contributed by atoms with van der Waals surface area (Å²) in [6.07, 6.45) is 0. The van der Waals surface area contributed by atoms with Gasteiger partial charge in [0.2, 0.25) is 0 Å². The Balaban J connectivity index is 1.99. The average molecular weight is 323 g/mol. The first kappa shape index (κ1) is 12.6. The Morgan fingerprint density at radius 3 is 3.16 bits per heavy atom. The molecule has 1 aromatic carbocycles. The summed E-state index contributed by atoms with van der Waals surface area (Å²) < 4.78 is 0.948. The minimum Gasteiger partial charge on any atom is -0.332 e. The van der Waals surface area contributed by atoms with Gasteiger partial charge in [0.1, 0.15) is 0 Å². The summed E-state index contributed by atoms with van der Waals surface area (Å²) >= 11 is 3.43. The Hall–Kier alpha value is -1.40. The Labute approximate surface area is 119 Å². The molecule has 1 aromatic heterocycles. The zero-order chi connectivity index (χ0) is 13.4. The van der Waals surface area contributed by atoms with Gasteiger partial charge in [-0.3, -0.25) is 9.89 Å². The van der Waals surface area contributed by atoms with Gasteiger partial charge in [0, 0.05) is 35.5 Å². The van der Waals surface area contributed by atoms with Crippen LogP contribution in [0.4, 0.5) is 0 Å². The topological polar surface area (TPSA) is 61.0 Å². The summed E-state index contributed by atoms with van der Waals surface area (Å²) in [6, 6.07) is 5.98. The number of fused-ring (bicyclic) bond motifs is 1. The van der Waals surface area contributed by atoms with Crippen molar-refractivity contribution < 1.29 is 4.79 Å². The van der Waals surface area contributed by atoms with E-state index in [4.69, 9.17) is 0 Å². The van der Waals surface area contributed by atoms with Gasteiger partial charge in [0.15, 0.2) is 5.69 Å². The van der Waals surface area contributed by atoms with Crippen LogP contribution in [0.2, 0.25) is 0 Å². The van der Waals surface area contributed by atoms with E-state index in [1.54, 1.807) is 0 Å². The van der Waals surface area contributed by atoms with E-state index in [1.165, 1.54) is 0 Å². The predicted molar refractivity (Wildman–Crippen MR) is 77.2 cm³/mol. The van der Waals surface area contributed by atoms with Crippen LogP contribution in [0, 0.1) is 0 Å². The first-order chi connectivity index (χ1) is 9.16. The minimum atomic E-state index is -0.00153. The lowest BCUT2D eigenvalue weighted by Gasteiger charge is -2.33. The quantitative estimate of drug-likeness (QED) is 0.841. The van der Waals surface area contributed by atoms with Crippen molar-refractivity contribution in [2.75, 3.05) is 19.6 Å². The number of rotatable bonds is 1. The van der Waals surface area contributed by atoms with Gasteiger partial charge >= 0.3 is 0 Å². The van der Waals surface area contributed by atoms with Crippen LogP contribution in [-0.2, 0) is 0 Å². The van der Waals surface area contributed by atoms with Crippen molar-refractivity contribution in [2.45, 2.75) is 13.0 Å². The molecule has 1 aliphatic heterocycles. The van der Waals surface area contributed by atoms with Crippen LogP contribution in [0.25, 0.3) is 10.9 Å². The Bertz CT molecular complexity index is 624. The highest BCUT2D eigenvalue weighted by Gasteiger charge is 2.26. The van der Waals surface area contributed by atoms with Gasteiger partial charge in [-0.2, -0.15) is 5.10 Å². The van der Waals surface area contributed by atoms with Crippen LogP contribution in [-0.4, -0.2) is 46.7 Å². The fraction of sp³-hybridized carbons (Fsp3) is 0.385. The van der Waals surface area contributed by atoms with Crippen molar-refractivity contribution >= 4 is 32.7 Å². The number of amides is 1. The molecule has 1 amide bonds. The number of nitrogens with zero attached hydrogens (tertiary/aromatic N) is 2. The van der Waals surface area contributed by atoms with Crippen LogP contribution in [0.5, 0.6) is 0 Å². The zero-order valence-electron chi connectivity index (χ0n) is 10.6. The van der Waals surface area contributed by atoms with E-state index in [1.807, 2.05) is 23.1 Å². The zero-order valence-corrected chi connectivity index (χ0v) is 12.2. The molecule has 0 unspecified atom stereocenters. The van der Waals surface area contributed by atoms with Gasteiger partial charge in [-0.1, -0.05) is 15.9 Å². The summed E-state index contributed by atoms with van der Waals surface area (Å²) in [5, 5.41) is 11.3. The molecule has 0 saturated carbocycles. The highest BCUT2D eigenvalue weighted by molar-refractivity contribution is 9.10. The number of carbonyl (C=O) groups is 1. The SMILES string of the molecule is C[C@H]1CNCCN1C(=O)c1n[nH]c2ccc(Br)cc12. The fourth-order valence-corrected chi connectivity index (χ4v) is 2.79. The molecular formula is C13H15BrN4O. The van der Waals surface area contributed by atoms with E-state index in [0.29, 0.717) is 5.69 Å². The molecule has 2 heterocycles. The molecular weight excluding hydrogens is 308 g/mol. The normalized spacial score (nSPS) is 19.9. The van der Waals surface area contributed by atoms with Crippen LogP contribution in [0.15, 0.2) is 22.7 Å². The number of nitrogens with one attached hydrogen (secondary N) is 2. The third-order valence-electron chi connectivity index (χ3n) is 3.49. The molecule has 0 spiro atoms. The molecule has 1 fully saturated rings. The molecule has 2 N–H and O–H groups in total. The minimum absolute atomic E-state index is 0.00153. The molecule has 1 atom stereocenters. The third kappa shape index (κ3) is 2.26. The Morgan fingerprint density at radius 1 is 1.53 bits per heavy atom. The second kappa shape index (κ2) is 4.94. The second-order valence-electron chi connectivity index (χ2n) is 4.81. The maximum absolute atomic E-state index is 12.6. The van der Waals surface area contributed by atoms with Crippen LogP contribution < -0.4 is 5.32 Å². The van der Waals surface area contributed by atoms with Gasteiger partial charge in [-0.15, -0.1) is 0 Å². The number of carbonyl (C=O) groups excluding carboxylic acids is 1. The predicted octanol–water partition coefficient (Wildman–Crippen LogP) is 1.76. The van der Waals surface area contributed by atoms with Crippen molar-refractivity contribution in [3.8, 4) is 0 Å². The van der Waals surface area contributed by atoms with E-state index >= 15 is 0 Å². The summed E-state index contributed by atoms with van der Waals surface area (Å²) in [7, 11) is 0. The molecule has 5 nitrogen and oxygen atoms in total. The van der Waals surface area contributed by atoms with Crippen molar-refractivity contribution in [2.24, 2.45) is 0 Å². The standard InChI is InChI=1S/C13H15BrN4O/c1-8-7-15-4-5-18(8)13(19)12-10-6-9(14)2-3-11(10)16-17-12/h2-3,6,8,15H,4-5,7H2,1H3,(H,16,17)/t8-/m0/s1. The number of hydrogen-bond acceptors (Lipinski definition) is 3. The van der Waals surface area contributed by atoms with Gasteiger partial charge in [0.25, 0.3) is 5.91 Å². The molecule has 19 heavy (non-hydrogen) atoms. The molecule has 3 rings (SSSR count). The van der Waals surface area contributed by atoms with Crippen molar-refractivity contribution in [3.63, 3.8) is 0 Å². The summed E-state index contributed by atoms with van der Waals surface area (Å²) in [5.74, 6) is -0.00153. The number of benzene rings is 1. The number of piperazine rings is 1. The van der Waals surface area contributed by atoms with Gasteiger partial charge in [0.05, 0.1) is 5.52 Å². The second-order valence-corrected chi connectivity index (χ2v) is 5.73. The first-order valence-electron chi connectivity index (χ1n) is 6.32. The molecule has 1 saturated heterocycles. The van der Waals surface area contributed by atoms with E-state index < -0.39 is 0 Å². The Kier molecular flexibility index (Phi) is 3.28. The lowest BCUT2D eigenvalue weighted by Crippen LogP contribution is -2.52. The molecule has 0 radical (unpaired) electrons. The molecule has 0 aliphatic carbocycles. The van der Waals surface area contributed by atoms with E-state index in [2.05, 4.69) is 38.4 Å². The van der Waals surface area contributed by atoms with E-state index in [0.717, 1.165) is 35.0 Å². The monoisotopic (exact) mass is 322 g/mol. The van der Waals surface area contributed by atoms with Crippen LogP contribution >= 0.6 is 15.9 Å². The number of halogens is 1. The maximum Gasteiger partial charge on any atom is 0.275 e.